The number of carboxylic acid groups (broad SMARTS) is 1. The van der Waals surface area contributed by atoms with Crippen LogP contribution in [0.25, 0.3) is 0 Å². The molecule has 0 spiro atoms. The van der Waals surface area contributed by atoms with Crippen molar-refractivity contribution in [2.75, 3.05) is 5.75 Å². The van der Waals surface area contributed by atoms with Crippen molar-refractivity contribution in [3.05, 3.63) is 23.8 Å². The molecule has 40 heavy (non-hydrogen) atoms. The van der Waals surface area contributed by atoms with Crippen LogP contribution >= 0.6 is 11.8 Å². The van der Waals surface area contributed by atoms with Gasteiger partial charge in [0.2, 0.25) is 11.5 Å². The molecule has 10 atom stereocenters. The van der Waals surface area contributed by atoms with Crippen LogP contribution in [0.2, 0.25) is 0 Å². The third-order valence-electron chi connectivity index (χ3n) is 10.8. The summed E-state index contributed by atoms with van der Waals surface area (Å²) in [7, 11) is 0. The van der Waals surface area contributed by atoms with Gasteiger partial charge in [-0.15, -0.1) is 11.8 Å². The molecule has 5 aliphatic rings. The molecule has 11 heteroatoms. The number of alkyl halides is 2. The molecule has 0 radical (unpaired) electrons. The van der Waals surface area contributed by atoms with E-state index >= 15 is 8.78 Å². The zero-order valence-corrected chi connectivity index (χ0v) is 24.4. The number of carbonyl (C=O) groups is 4. The minimum atomic E-state index is -2.38. The Hall–Kier alpha value is -2.27. The molecule has 1 amide bonds. The van der Waals surface area contributed by atoms with Gasteiger partial charge in [0.05, 0.1) is 11.0 Å². The second kappa shape index (κ2) is 8.86. The van der Waals surface area contributed by atoms with Crippen molar-refractivity contribution in [1.82, 2.24) is 4.90 Å². The lowest BCUT2D eigenvalue weighted by atomic mass is 9.44. The van der Waals surface area contributed by atoms with Gasteiger partial charge in [-0.05, 0) is 63.7 Å². The van der Waals surface area contributed by atoms with Crippen molar-refractivity contribution in [2.24, 2.45) is 28.6 Å². The summed E-state index contributed by atoms with van der Waals surface area (Å²) in [5.74, 6) is -5.52. The molecule has 4 fully saturated rings. The third kappa shape index (κ3) is 3.45. The van der Waals surface area contributed by atoms with Gasteiger partial charge in [-0.2, -0.15) is 0 Å². The SMILES string of the molecule is CC(=O)N1[C@H](C(=O)O[C@]2(C(=O)O)[C@H](C)C[C@H]3[C@@H]4C[C@H](F)C5=CC(=O)C=C[C@]5(C)[C@@]4(F)[C@@H](O)C[C@@]32C)CSC1(C)C. The molecule has 1 aliphatic heterocycles. The molecule has 8 nitrogen and oxygen atoms in total. The summed E-state index contributed by atoms with van der Waals surface area (Å²) in [5.41, 5.74) is -7.58. The van der Waals surface area contributed by atoms with Crippen molar-refractivity contribution in [1.29, 1.82) is 0 Å². The largest absolute Gasteiger partial charge is 0.478 e. The third-order valence-corrected chi connectivity index (χ3v) is 12.2. The van der Waals surface area contributed by atoms with Gasteiger partial charge in [-0.3, -0.25) is 9.59 Å². The van der Waals surface area contributed by atoms with Crippen molar-refractivity contribution < 1.29 is 42.9 Å². The molecular formula is C29H37F2NO7S. The number of ketones is 1. The molecule has 0 aromatic rings. The Balaban J connectivity index is 1.57. The van der Waals surface area contributed by atoms with Gasteiger partial charge in [0.15, 0.2) is 11.5 Å². The number of fused-ring (bicyclic) bond motifs is 5. The van der Waals surface area contributed by atoms with Crippen molar-refractivity contribution in [3.63, 3.8) is 0 Å². The average Bonchev–Trinajstić information content (AvgIpc) is 3.28. The lowest BCUT2D eigenvalue weighted by Crippen LogP contribution is -2.71. The van der Waals surface area contributed by atoms with Gasteiger partial charge in [0, 0.05) is 35.3 Å². The van der Waals surface area contributed by atoms with Gasteiger partial charge in [0.1, 0.15) is 12.2 Å². The number of thioether (sulfide) groups is 1. The molecule has 2 N–H and O–H groups in total. The zero-order chi connectivity index (χ0) is 29.8. The first kappa shape index (κ1) is 29.2. The van der Waals surface area contributed by atoms with E-state index in [9.17, 15) is 29.4 Å². The number of rotatable bonds is 3. The Morgan fingerprint density at radius 1 is 1.15 bits per heavy atom. The van der Waals surface area contributed by atoms with Crippen LogP contribution in [-0.2, 0) is 23.9 Å². The number of hydrogen-bond acceptors (Lipinski definition) is 7. The summed E-state index contributed by atoms with van der Waals surface area (Å²) in [4.78, 5) is 52.0. The number of nitrogens with zero attached hydrogens (tertiary/aromatic N) is 1. The number of aliphatic hydroxyl groups is 1. The van der Waals surface area contributed by atoms with Crippen LogP contribution in [0.4, 0.5) is 8.78 Å². The van der Waals surface area contributed by atoms with Crippen LogP contribution < -0.4 is 0 Å². The maximum Gasteiger partial charge on any atom is 0.349 e. The molecule has 0 aromatic heterocycles. The zero-order valence-electron chi connectivity index (χ0n) is 23.6. The second-order valence-corrected chi connectivity index (χ2v) is 14.7. The Bertz CT molecular complexity index is 1250. The lowest BCUT2D eigenvalue weighted by Gasteiger charge is -2.63. The molecule has 3 saturated carbocycles. The van der Waals surface area contributed by atoms with E-state index in [4.69, 9.17) is 4.74 Å². The van der Waals surface area contributed by atoms with E-state index < -0.39 is 80.8 Å². The first-order chi connectivity index (χ1) is 18.4. The Morgan fingerprint density at radius 2 is 1.80 bits per heavy atom. The van der Waals surface area contributed by atoms with E-state index in [1.807, 2.05) is 0 Å². The Morgan fingerprint density at radius 3 is 2.40 bits per heavy atom. The van der Waals surface area contributed by atoms with Crippen LogP contribution in [-0.4, -0.2) is 79.0 Å². The van der Waals surface area contributed by atoms with Crippen LogP contribution in [0.3, 0.4) is 0 Å². The predicted octanol–water partition coefficient (Wildman–Crippen LogP) is 3.62. The number of halogens is 2. The first-order valence-electron chi connectivity index (χ1n) is 13.7. The molecule has 4 aliphatic carbocycles. The van der Waals surface area contributed by atoms with E-state index in [1.54, 1.807) is 27.7 Å². The first-order valence-corrected chi connectivity index (χ1v) is 14.7. The fourth-order valence-electron chi connectivity index (χ4n) is 9.04. The highest BCUT2D eigenvalue weighted by atomic mass is 32.2. The minimum absolute atomic E-state index is 0.0194. The van der Waals surface area contributed by atoms with Crippen molar-refractivity contribution in [2.45, 2.75) is 95.3 Å². The summed E-state index contributed by atoms with van der Waals surface area (Å²) in [6.45, 7) is 9.60. The average molecular weight is 582 g/mol. The highest BCUT2D eigenvalue weighted by molar-refractivity contribution is 8.00. The van der Waals surface area contributed by atoms with Crippen LogP contribution in [0.1, 0.15) is 60.8 Å². The van der Waals surface area contributed by atoms with Crippen LogP contribution in [0.5, 0.6) is 0 Å². The quantitative estimate of drug-likeness (QED) is 0.485. The lowest BCUT2D eigenvalue weighted by molar-refractivity contribution is -0.238. The maximum atomic E-state index is 17.4. The normalized spacial score (nSPS) is 47.2. The van der Waals surface area contributed by atoms with Crippen molar-refractivity contribution in [3.8, 4) is 0 Å². The van der Waals surface area contributed by atoms with Crippen LogP contribution in [0.15, 0.2) is 23.8 Å². The number of hydrogen-bond donors (Lipinski definition) is 2. The molecule has 1 heterocycles. The second-order valence-electron chi connectivity index (χ2n) is 13.1. The van der Waals surface area contributed by atoms with Gasteiger partial charge in [-0.25, -0.2) is 18.4 Å². The van der Waals surface area contributed by atoms with E-state index in [1.165, 1.54) is 42.7 Å². The molecule has 0 aromatic carbocycles. The number of esters is 1. The topological polar surface area (TPSA) is 121 Å². The standard InChI is InChI=1S/C29H37F2NO7S/c1-14-9-17-18-11-20(30)19-10-16(34)7-8-26(19,5)28(18,31)22(35)12-27(17,6)29(14,24(37)38)39-23(36)21-13-40-25(3,4)32(21)15(2)33/h7-8,10,14,17-18,20-22,35H,9,11-13H2,1-6H3,(H,37,38)/t14-,17+,18+,20+,21+,22+,26+,27+,28+,29+/m1/s1. The van der Waals surface area contributed by atoms with E-state index in [-0.39, 0.29) is 36.5 Å². The smallest absolute Gasteiger partial charge is 0.349 e. The highest BCUT2D eigenvalue weighted by Crippen LogP contribution is 2.71. The summed E-state index contributed by atoms with van der Waals surface area (Å²) < 4.78 is 39.1. The number of allylic oxidation sites excluding steroid dienone is 4. The minimum Gasteiger partial charge on any atom is -0.478 e. The van der Waals surface area contributed by atoms with Gasteiger partial charge in [0.25, 0.3) is 0 Å². The summed E-state index contributed by atoms with van der Waals surface area (Å²) in [5, 5.41) is 22.2. The highest BCUT2D eigenvalue weighted by Gasteiger charge is 2.78. The number of aliphatic carboxylic acids is 1. The number of carbonyl (C=O) groups excluding carboxylic acids is 3. The molecule has 0 bridgehead atoms. The van der Waals surface area contributed by atoms with E-state index in [0.29, 0.717) is 0 Å². The van der Waals surface area contributed by atoms with Gasteiger partial charge >= 0.3 is 11.9 Å². The molecule has 0 unspecified atom stereocenters. The fraction of sp³-hybridized carbons (Fsp3) is 0.724. The van der Waals surface area contributed by atoms with E-state index in [0.717, 1.165) is 6.08 Å². The number of aliphatic hydroxyl groups excluding tert-OH is 1. The monoisotopic (exact) mass is 581 g/mol. The molecule has 220 valence electrons. The summed E-state index contributed by atoms with van der Waals surface area (Å²) in [6, 6.07) is -1.02. The van der Waals surface area contributed by atoms with Crippen LogP contribution in [0, 0.1) is 28.6 Å². The fourth-order valence-corrected chi connectivity index (χ4v) is 10.3. The Labute approximate surface area is 236 Å². The predicted molar refractivity (Wildman–Crippen MR) is 142 cm³/mol. The number of amides is 1. The Kier molecular flexibility index (Phi) is 6.48. The molecule has 5 rings (SSSR count). The number of ether oxygens (including phenoxy) is 1. The summed E-state index contributed by atoms with van der Waals surface area (Å²) in [6.07, 6.45) is -0.333. The molecular weight excluding hydrogens is 544 g/mol. The van der Waals surface area contributed by atoms with E-state index in [2.05, 4.69) is 0 Å². The molecule has 1 saturated heterocycles. The van der Waals surface area contributed by atoms with Crippen molar-refractivity contribution >= 4 is 35.4 Å². The summed E-state index contributed by atoms with van der Waals surface area (Å²) >= 11 is 1.38. The maximum absolute atomic E-state index is 17.4. The van der Waals surface area contributed by atoms with Gasteiger partial charge in [-0.1, -0.05) is 19.9 Å². The number of carboxylic acids is 1. The van der Waals surface area contributed by atoms with Gasteiger partial charge < -0.3 is 19.8 Å².